The zero-order valence-electron chi connectivity index (χ0n) is 17.5. The summed E-state index contributed by atoms with van der Waals surface area (Å²) in [5.41, 5.74) is 4.49. The van der Waals surface area contributed by atoms with Gasteiger partial charge in [0.1, 0.15) is 0 Å². The van der Waals surface area contributed by atoms with Crippen LogP contribution >= 0.6 is 0 Å². The standard InChI is InChI=1S/C24H31NO3/c1-5-6-9-18-10-7-11-19(15-18)23(26)22-17(4)14-21-20(12-8-13-25(21)22)24(27)28-16(2)3/h7,10-11,14-16,20H,5-6,8-9,12-13H2,1-4H3. The first-order valence-corrected chi connectivity index (χ1v) is 10.5. The number of fused-ring (bicyclic) bond motifs is 1. The Kier molecular flexibility index (Phi) is 6.38. The third-order valence-corrected chi connectivity index (χ3v) is 5.41. The number of ketones is 1. The van der Waals surface area contributed by atoms with Gasteiger partial charge in [0, 0.05) is 17.8 Å². The van der Waals surface area contributed by atoms with E-state index >= 15 is 0 Å². The molecule has 0 spiro atoms. The molecule has 0 bridgehead atoms. The monoisotopic (exact) mass is 381 g/mol. The van der Waals surface area contributed by atoms with E-state index in [-0.39, 0.29) is 23.8 Å². The van der Waals surface area contributed by atoms with Gasteiger partial charge in [-0.2, -0.15) is 0 Å². The van der Waals surface area contributed by atoms with Crippen molar-refractivity contribution in [1.82, 2.24) is 4.57 Å². The van der Waals surface area contributed by atoms with Crippen LogP contribution in [0.5, 0.6) is 0 Å². The maximum atomic E-state index is 13.3. The molecule has 150 valence electrons. The Morgan fingerprint density at radius 2 is 2.04 bits per heavy atom. The summed E-state index contributed by atoms with van der Waals surface area (Å²) in [4.78, 5) is 25.9. The number of rotatable bonds is 7. The number of hydrogen-bond acceptors (Lipinski definition) is 3. The van der Waals surface area contributed by atoms with Gasteiger partial charge in [-0.25, -0.2) is 0 Å². The molecule has 1 unspecified atom stereocenters. The van der Waals surface area contributed by atoms with Crippen molar-refractivity contribution in [2.75, 3.05) is 0 Å². The van der Waals surface area contributed by atoms with Gasteiger partial charge in [0.05, 0.1) is 17.7 Å². The molecule has 0 aliphatic carbocycles. The summed E-state index contributed by atoms with van der Waals surface area (Å²) < 4.78 is 7.50. The molecule has 0 saturated heterocycles. The van der Waals surface area contributed by atoms with Crippen LogP contribution in [0.1, 0.15) is 85.2 Å². The molecule has 0 saturated carbocycles. The minimum Gasteiger partial charge on any atom is -0.462 e. The number of carbonyl (C=O) groups excluding carboxylic acids is 2. The van der Waals surface area contributed by atoms with Gasteiger partial charge in [0.25, 0.3) is 0 Å². The Bertz CT molecular complexity index is 863. The number of unbranched alkanes of at least 4 members (excludes halogenated alkanes) is 1. The lowest BCUT2D eigenvalue weighted by atomic mass is 9.96. The van der Waals surface area contributed by atoms with Crippen LogP contribution < -0.4 is 0 Å². The topological polar surface area (TPSA) is 48.3 Å². The highest BCUT2D eigenvalue weighted by molar-refractivity contribution is 6.09. The molecule has 1 aromatic heterocycles. The normalized spacial score (nSPS) is 16.1. The van der Waals surface area contributed by atoms with Gasteiger partial charge >= 0.3 is 5.97 Å². The summed E-state index contributed by atoms with van der Waals surface area (Å²) >= 11 is 0. The molecular weight excluding hydrogens is 350 g/mol. The van der Waals surface area contributed by atoms with E-state index in [4.69, 9.17) is 4.74 Å². The summed E-state index contributed by atoms with van der Waals surface area (Å²) in [6.45, 7) is 8.64. The van der Waals surface area contributed by atoms with Crippen molar-refractivity contribution in [2.24, 2.45) is 0 Å². The zero-order valence-corrected chi connectivity index (χ0v) is 17.5. The molecule has 28 heavy (non-hydrogen) atoms. The number of aryl methyl sites for hydroxylation is 2. The van der Waals surface area contributed by atoms with Crippen LogP contribution in [-0.4, -0.2) is 22.4 Å². The first-order valence-electron chi connectivity index (χ1n) is 10.5. The van der Waals surface area contributed by atoms with Crippen LogP contribution in [0.3, 0.4) is 0 Å². The quantitative estimate of drug-likeness (QED) is 0.489. The fourth-order valence-corrected chi connectivity index (χ4v) is 4.08. The summed E-state index contributed by atoms with van der Waals surface area (Å²) in [5.74, 6) is -0.429. The van der Waals surface area contributed by atoms with E-state index in [0.717, 1.165) is 55.5 Å². The molecule has 1 atom stereocenters. The maximum Gasteiger partial charge on any atom is 0.315 e. The van der Waals surface area contributed by atoms with Crippen LogP contribution in [0.4, 0.5) is 0 Å². The molecule has 2 aromatic rings. The third-order valence-electron chi connectivity index (χ3n) is 5.41. The molecule has 0 fully saturated rings. The number of benzene rings is 1. The number of carbonyl (C=O) groups is 2. The van der Waals surface area contributed by atoms with E-state index in [1.165, 1.54) is 5.56 Å². The van der Waals surface area contributed by atoms with E-state index in [1.54, 1.807) is 0 Å². The lowest BCUT2D eigenvalue weighted by Gasteiger charge is -2.25. The maximum absolute atomic E-state index is 13.3. The summed E-state index contributed by atoms with van der Waals surface area (Å²) in [6, 6.07) is 9.97. The van der Waals surface area contributed by atoms with Crippen molar-refractivity contribution in [3.05, 3.63) is 58.4 Å². The third kappa shape index (κ3) is 4.21. The second-order valence-corrected chi connectivity index (χ2v) is 8.07. The fourth-order valence-electron chi connectivity index (χ4n) is 4.08. The average Bonchev–Trinajstić information content (AvgIpc) is 3.01. The molecule has 0 N–H and O–H groups in total. The molecule has 1 aliphatic heterocycles. The smallest absolute Gasteiger partial charge is 0.315 e. The molecule has 4 heteroatoms. The Morgan fingerprint density at radius 1 is 1.25 bits per heavy atom. The lowest BCUT2D eigenvalue weighted by molar-refractivity contribution is -0.149. The van der Waals surface area contributed by atoms with E-state index in [1.807, 2.05) is 49.6 Å². The Morgan fingerprint density at radius 3 is 2.75 bits per heavy atom. The number of esters is 1. The number of nitrogens with zero attached hydrogens (tertiary/aromatic N) is 1. The van der Waals surface area contributed by atoms with Crippen molar-refractivity contribution in [2.45, 2.75) is 78.4 Å². The Labute approximate surface area is 167 Å². The van der Waals surface area contributed by atoms with Crippen molar-refractivity contribution in [3.8, 4) is 0 Å². The molecule has 0 amide bonds. The predicted octanol–water partition coefficient (Wildman–Crippen LogP) is 5.20. The summed E-state index contributed by atoms with van der Waals surface area (Å²) in [7, 11) is 0. The second kappa shape index (κ2) is 8.76. The highest BCUT2D eigenvalue weighted by Gasteiger charge is 2.32. The Hall–Kier alpha value is -2.36. The fraction of sp³-hybridized carbons (Fsp3) is 0.500. The first kappa shape index (κ1) is 20.4. The van der Waals surface area contributed by atoms with Crippen LogP contribution in [0, 0.1) is 6.92 Å². The van der Waals surface area contributed by atoms with Crippen LogP contribution in [0.15, 0.2) is 30.3 Å². The van der Waals surface area contributed by atoms with E-state index in [9.17, 15) is 9.59 Å². The molecule has 1 aliphatic rings. The van der Waals surface area contributed by atoms with Crippen molar-refractivity contribution < 1.29 is 14.3 Å². The summed E-state index contributed by atoms with van der Waals surface area (Å²) in [6.07, 6.45) is 4.76. The van der Waals surface area contributed by atoms with Crippen molar-refractivity contribution >= 4 is 11.8 Å². The highest BCUT2D eigenvalue weighted by Crippen LogP contribution is 2.33. The number of hydrogen-bond donors (Lipinski definition) is 0. The first-order chi connectivity index (χ1) is 13.4. The van der Waals surface area contributed by atoms with E-state index in [2.05, 4.69) is 13.0 Å². The molecule has 2 heterocycles. The van der Waals surface area contributed by atoms with Gasteiger partial charge in [0.2, 0.25) is 5.78 Å². The van der Waals surface area contributed by atoms with Crippen molar-refractivity contribution in [1.29, 1.82) is 0 Å². The second-order valence-electron chi connectivity index (χ2n) is 8.07. The van der Waals surface area contributed by atoms with Crippen LogP contribution in [0.25, 0.3) is 0 Å². The van der Waals surface area contributed by atoms with E-state index in [0.29, 0.717) is 5.69 Å². The Balaban J connectivity index is 1.93. The number of ether oxygens (including phenoxy) is 1. The molecule has 3 rings (SSSR count). The molecule has 1 aromatic carbocycles. The number of aromatic nitrogens is 1. The van der Waals surface area contributed by atoms with Gasteiger partial charge < -0.3 is 9.30 Å². The highest BCUT2D eigenvalue weighted by atomic mass is 16.5. The van der Waals surface area contributed by atoms with Crippen LogP contribution in [0.2, 0.25) is 0 Å². The molecular formula is C24H31NO3. The largest absolute Gasteiger partial charge is 0.462 e. The van der Waals surface area contributed by atoms with Gasteiger partial charge in [0.15, 0.2) is 0 Å². The molecule has 0 radical (unpaired) electrons. The average molecular weight is 382 g/mol. The minimum absolute atomic E-state index is 0.0416. The minimum atomic E-state index is -0.285. The van der Waals surface area contributed by atoms with Gasteiger partial charge in [-0.05, 0) is 69.7 Å². The van der Waals surface area contributed by atoms with Gasteiger partial charge in [-0.1, -0.05) is 31.5 Å². The van der Waals surface area contributed by atoms with Crippen molar-refractivity contribution in [3.63, 3.8) is 0 Å². The van der Waals surface area contributed by atoms with Gasteiger partial charge in [-0.15, -0.1) is 0 Å². The lowest BCUT2D eigenvalue weighted by Crippen LogP contribution is -2.27. The van der Waals surface area contributed by atoms with Crippen LogP contribution in [-0.2, 0) is 22.5 Å². The van der Waals surface area contributed by atoms with Gasteiger partial charge in [-0.3, -0.25) is 9.59 Å². The summed E-state index contributed by atoms with van der Waals surface area (Å²) in [5, 5.41) is 0. The predicted molar refractivity (Wildman–Crippen MR) is 111 cm³/mol. The SMILES string of the molecule is CCCCc1cccc(C(=O)c2c(C)cc3n2CCCC3C(=O)OC(C)C)c1. The van der Waals surface area contributed by atoms with E-state index < -0.39 is 0 Å². The zero-order chi connectivity index (χ0) is 20.3. The molecule has 4 nitrogen and oxygen atoms in total.